The quantitative estimate of drug-likeness (QED) is 0.477. The number of piperazine rings is 1. The molecular weight excluding hydrogens is 356 g/mol. The van der Waals surface area contributed by atoms with Crippen molar-refractivity contribution in [1.82, 2.24) is 20.4 Å². The minimum atomic E-state index is -0.122. The summed E-state index contributed by atoms with van der Waals surface area (Å²) in [5.41, 5.74) is 7.56. The van der Waals surface area contributed by atoms with Crippen LogP contribution in [0.5, 0.6) is 0 Å². The average molecular weight is 387 g/mol. The summed E-state index contributed by atoms with van der Waals surface area (Å²) >= 11 is 0. The number of nitrogens with one attached hydrogen (secondary N) is 2. The number of likely N-dealkylation sites (tertiary alicyclic amines) is 1. The third-order valence-electron chi connectivity index (χ3n) is 5.38. The zero-order valence-corrected chi connectivity index (χ0v) is 16.5. The predicted octanol–water partition coefficient (Wildman–Crippen LogP) is 0.147. The molecule has 8 nitrogen and oxygen atoms in total. The number of amides is 2. The molecular formula is C20H30N6O2. The van der Waals surface area contributed by atoms with Crippen molar-refractivity contribution < 1.29 is 9.59 Å². The number of benzene rings is 1. The van der Waals surface area contributed by atoms with E-state index >= 15 is 0 Å². The molecule has 2 aliphatic heterocycles. The van der Waals surface area contributed by atoms with Gasteiger partial charge in [0, 0.05) is 31.2 Å². The molecule has 1 aromatic carbocycles. The van der Waals surface area contributed by atoms with Crippen LogP contribution >= 0.6 is 0 Å². The summed E-state index contributed by atoms with van der Waals surface area (Å²) in [6.07, 6.45) is 2.44. The van der Waals surface area contributed by atoms with E-state index in [0.29, 0.717) is 37.2 Å². The highest BCUT2D eigenvalue weighted by atomic mass is 16.2. The maximum Gasteiger partial charge on any atom is 0.254 e. The van der Waals surface area contributed by atoms with Gasteiger partial charge in [0.1, 0.15) is 0 Å². The Hall–Kier alpha value is -2.61. The molecule has 3 rings (SSSR count). The minimum absolute atomic E-state index is 0.115. The van der Waals surface area contributed by atoms with Crippen LogP contribution in [0.4, 0.5) is 0 Å². The molecule has 2 amide bonds. The number of hydrogen-bond acceptors (Lipinski definition) is 4. The van der Waals surface area contributed by atoms with Gasteiger partial charge >= 0.3 is 0 Å². The van der Waals surface area contributed by atoms with Crippen LogP contribution in [0, 0.1) is 0 Å². The van der Waals surface area contributed by atoms with Crippen molar-refractivity contribution in [2.45, 2.75) is 32.4 Å². The number of carbonyl (C=O) groups is 2. The second-order valence-corrected chi connectivity index (χ2v) is 7.28. The third-order valence-corrected chi connectivity index (χ3v) is 5.38. The topological polar surface area (TPSA) is 103 Å². The highest BCUT2D eigenvalue weighted by molar-refractivity contribution is 5.97. The summed E-state index contributed by atoms with van der Waals surface area (Å²) in [5, 5.41) is 5.94. The van der Waals surface area contributed by atoms with Gasteiger partial charge < -0.3 is 21.3 Å². The lowest BCUT2D eigenvalue weighted by Crippen LogP contribution is -2.49. The molecule has 1 aromatic rings. The predicted molar refractivity (Wildman–Crippen MR) is 109 cm³/mol. The van der Waals surface area contributed by atoms with Crippen LogP contribution in [0.3, 0.4) is 0 Å². The number of nitrogens with two attached hydrogens (primary N) is 1. The molecule has 0 bridgehead atoms. The number of aliphatic imine (C=N–C) groups is 1. The van der Waals surface area contributed by atoms with Gasteiger partial charge in [-0.3, -0.25) is 14.5 Å². The fourth-order valence-electron chi connectivity index (χ4n) is 3.74. The Labute approximate surface area is 166 Å². The molecule has 2 saturated heterocycles. The van der Waals surface area contributed by atoms with Crippen LogP contribution in [0.15, 0.2) is 29.3 Å². The second kappa shape index (κ2) is 9.54. The van der Waals surface area contributed by atoms with Gasteiger partial charge in [0.25, 0.3) is 5.91 Å². The fourth-order valence-corrected chi connectivity index (χ4v) is 3.74. The largest absolute Gasteiger partial charge is 0.370 e. The van der Waals surface area contributed by atoms with Crippen LogP contribution in [-0.4, -0.2) is 72.9 Å². The maximum atomic E-state index is 12.5. The highest BCUT2D eigenvalue weighted by Gasteiger charge is 2.23. The molecule has 0 radical (unpaired) electrons. The van der Waals surface area contributed by atoms with Crippen LogP contribution in [0.2, 0.25) is 0 Å². The van der Waals surface area contributed by atoms with Crippen molar-refractivity contribution in [3.8, 4) is 0 Å². The first kappa shape index (κ1) is 20.1. The maximum absolute atomic E-state index is 12.5. The zero-order valence-electron chi connectivity index (χ0n) is 16.5. The first-order valence-corrected chi connectivity index (χ1v) is 9.99. The smallest absolute Gasteiger partial charge is 0.254 e. The Bertz CT molecular complexity index is 718. The average Bonchev–Trinajstić information content (AvgIpc) is 3.18. The van der Waals surface area contributed by atoms with Gasteiger partial charge in [-0.25, -0.2) is 4.99 Å². The Balaban J connectivity index is 1.48. The molecule has 2 heterocycles. The fraction of sp³-hybridized carbons (Fsp3) is 0.550. The van der Waals surface area contributed by atoms with E-state index in [1.165, 1.54) is 12.8 Å². The lowest BCUT2D eigenvalue weighted by Gasteiger charge is -2.26. The van der Waals surface area contributed by atoms with Crippen LogP contribution in [-0.2, 0) is 11.3 Å². The van der Waals surface area contributed by atoms with Crippen molar-refractivity contribution in [3.63, 3.8) is 0 Å². The van der Waals surface area contributed by atoms with Gasteiger partial charge in [0.15, 0.2) is 5.96 Å². The molecule has 1 atom stereocenters. The Kier molecular flexibility index (Phi) is 6.86. The van der Waals surface area contributed by atoms with Crippen molar-refractivity contribution in [2.24, 2.45) is 10.7 Å². The molecule has 0 aromatic heterocycles. The van der Waals surface area contributed by atoms with E-state index in [0.717, 1.165) is 25.2 Å². The summed E-state index contributed by atoms with van der Waals surface area (Å²) in [7, 11) is 0. The van der Waals surface area contributed by atoms with Gasteiger partial charge in [0.05, 0.1) is 13.1 Å². The van der Waals surface area contributed by atoms with E-state index in [1.54, 1.807) is 17.0 Å². The normalized spacial score (nSPS) is 20.9. The van der Waals surface area contributed by atoms with E-state index < -0.39 is 0 Å². The van der Waals surface area contributed by atoms with Crippen molar-refractivity contribution in [1.29, 1.82) is 0 Å². The van der Waals surface area contributed by atoms with E-state index in [1.807, 2.05) is 12.1 Å². The second-order valence-electron chi connectivity index (χ2n) is 7.28. The molecule has 1 unspecified atom stereocenters. The van der Waals surface area contributed by atoms with Gasteiger partial charge in [-0.05, 0) is 43.6 Å². The van der Waals surface area contributed by atoms with E-state index in [2.05, 4.69) is 27.4 Å². The molecule has 8 heteroatoms. The standard InChI is InChI=1S/C20H30N6O2/c1-2-25-10-3-4-17(25)13-24-20(21)23-12-15-5-7-16(8-6-15)19(28)26-11-9-22-18(27)14-26/h5-8,17H,2-4,9-14H2,1H3,(H,22,27)(H3,21,23,24). The van der Waals surface area contributed by atoms with E-state index in [9.17, 15) is 9.59 Å². The van der Waals surface area contributed by atoms with Gasteiger partial charge in [0.2, 0.25) is 5.91 Å². The number of carbonyl (C=O) groups excluding carboxylic acids is 2. The summed E-state index contributed by atoms with van der Waals surface area (Å²) in [6, 6.07) is 7.84. The van der Waals surface area contributed by atoms with Crippen LogP contribution in [0.1, 0.15) is 35.7 Å². The van der Waals surface area contributed by atoms with E-state index in [4.69, 9.17) is 5.73 Å². The molecule has 2 aliphatic rings. The van der Waals surface area contributed by atoms with Crippen molar-refractivity contribution in [2.75, 3.05) is 39.3 Å². The highest BCUT2D eigenvalue weighted by Crippen LogP contribution is 2.15. The number of hydrogen-bond donors (Lipinski definition) is 3. The number of nitrogens with zero attached hydrogens (tertiary/aromatic N) is 3. The molecule has 152 valence electrons. The summed E-state index contributed by atoms with van der Waals surface area (Å²) < 4.78 is 0. The summed E-state index contributed by atoms with van der Waals surface area (Å²) in [5.74, 6) is 0.207. The zero-order chi connectivity index (χ0) is 19.9. The van der Waals surface area contributed by atoms with Crippen molar-refractivity contribution >= 4 is 17.8 Å². The Morgan fingerprint density at radius 3 is 2.82 bits per heavy atom. The SMILES string of the molecule is CCN1CCCC1CNC(N)=NCc1ccc(C(=O)N2CCNC(=O)C2)cc1. The first-order valence-electron chi connectivity index (χ1n) is 9.99. The van der Waals surface area contributed by atoms with Crippen molar-refractivity contribution in [3.05, 3.63) is 35.4 Å². The number of likely N-dealkylation sites (N-methyl/N-ethyl adjacent to an activating group) is 1. The summed E-state index contributed by atoms with van der Waals surface area (Å²) in [4.78, 5) is 32.3. The van der Waals surface area contributed by atoms with E-state index in [-0.39, 0.29) is 18.4 Å². The lowest BCUT2D eigenvalue weighted by molar-refractivity contribution is -0.123. The number of guanidine groups is 1. The minimum Gasteiger partial charge on any atom is -0.370 e. The van der Waals surface area contributed by atoms with Gasteiger partial charge in [-0.2, -0.15) is 0 Å². The van der Waals surface area contributed by atoms with Crippen LogP contribution in [0.25, 0.3) is 0 Å². The molecule has 2 fully saturated rings. The molecule has 0 spiro atoms. The molecule has 0 saturated carbocycles. The lowest BCUT2D eigenvalue weighted by atomic mass is 10.1. The van der Waals surface area contributed by atoms with Gasteiger partial charge in [-0.1, -0.05) is 19.1 Å². The van der Waals surface area contributed by atoms with Crippen LogP contribution < -0.4 is 16.4 Å². The first-order chi connectivity index (χ1) is 13.6. The third kappa shape index (κ3) is 5.22. The Morgan fingerprint density at radius 1 is 1.32 bits per heavy atom. The Morgan fingerprint density at radius 2 is 2.11 bits per heavy atom. The molecule has 4 N–H and O–H groups in total. The summed E-state index contributed by atoms with van der Waals surface area (Å²) in [6.45, 7) is 6.84. The number of rotatable bonds is 6. The monoisotopic (exact) mass is 386 g/mol. The molecule has 0 aliphatic carbocycles. The molecule has 28 heavy (non-hydrogen) atoms. The van der Waals surface area contributed by atoms with Gasteiger partial charge in [-0.15, -0.1) is 0 Å².